The minimum absolute atomic E-state index is 0.730. The summed E-state index contributed by atoms with van der Waals surface area (Å²) in [6.45, 7) is 2.00. The van der Waals surface area contributed by atoms with Crippen molar-refractivity contribution in [3.05, 3.63) is 133 Å². The topological polar surface area (TPSA) is 51.6 Å². The average Bonchev–Trinajstić information content (AvgIpc) is 3.01. The maximum atomic E-state index is 4.50. The molecule has 0 N–H and O–H groups in total. The number of nitrogens with zero attached hydrogens (tertiary/aromatic N) is 4. The fourth-order valence-electron chi connectivity index (χ4n) is 5.31. The molecule has 39 heavy (non-hydrogen) atoms. The zero-order valence-electron chi connectivity index (χ0n) is 21.4. The first-order valence-corrected chi connectivity index (χ1v) is 13.0. The number of hydrogen-bond acceptors (Lipinski definition) is 4. The Kier molecular flexibility index (Phi) is 5.64. The lowest BCUT2D eigenvalue weighted by Crippen LogP contribution is -1.92. The first-order valence-electron chi connectivity index (χ1n) is 13.0. The van der Waals surface area contributed by atoms with Crippen molar-refractivity contribution in [1.82, 2.24) is 19.9 Å². The highest BCUT2D eigenvalue weighted by atomic mass is 14.9. The van der Waals surface area contributed by atoms with E-state index >= 15 is 0 Å². The molecule has 7 aromatic rings. The Morgan fingerprint density at radius 3 is 1.15 bits per heavy atom. The van der Waals surface area contributed by atoms with Crippen molar-refractivity contribution >= 4 is 21.5 Å². The van der Waals surface area contributed by atoms with Crippen LogP contribution in [0.1, 0.15) is 5.56 Å². The van der Waals surface area contributed by atoms with Gasteiger partial charge >= 0.3 is 0 Å². The van der Waals surface area contributed by atoms with Crippen molar-refractivity contribution < 1.29 is 0 Å². The van der Waals surface area contributed by atoms with Gasteiger partial charge in [-0.2, -0.15) is 0 Å². The van der Waals surface area contributed by atoms with Gasteiger partial charge in [-0.15, -0.1) is 0 Å². The molecule has 184 valence electrons. The van der Waals surface area contributed by atoms with Crippen molar-refractivity contribution in [2.75, 3.05) is 0 Å². The third kappa shape index (κ3) is 4.12. The molecule has 0 aliphatic heterocycles. The monoisotopic (exact) mass is 500 g/mol. The molecule has 2 aromatic heterocycles. The van der Waals surface area contributed by atoms with Gasteiger partial charge in [0.1, 0.15) is 0 Å². The van der Waals surface area contributed by atoms with Gasteiger partial charge in [0, 0.05) is 35.9 Å². The Hall–Kier alpha value is -5.22. The predicted molar refractivity (Wildman–Crippen MR) is 159 cm³/mol. The van der Waals surface area contributed by atoms with E-state index in [1.807, 2.05) is 25.4 Å². The zero-order valence-corrected chi connectivity index (χ0v) is 21.4. The standard InChI is InChI=1S/C35H24N4/c1-23-21-38-35(39-22-23)27-17-13-25(14-18-27)33-30-9-4-2-7-28(30)32(29-8-3-5-10-31(29)33)24-11-15-26(16-12-24)34-36-19-6-20-37-34/h2-22H,1H3. The molecule has 0 aliphatic rings. The normalized spacial score (nSPS) is 11.2. The second kappa shape index (κ2) is 9.58. The Morgan fingerprint density at radius 2 is 0.744 bits per heavy atom. The third-order valence-electron chi connectivity index (χ3n) is 7.14. The van der Waals surface area contributed by atoms with Crippen molar-refractivity contribution in [2.45, 2.75) is 6.92 Å². The van der Waals surface area contributed by atoms with E-state index in [1.165, 1.54) is 43.8 Å². The van der Waals surface area contributed by atoms with E-state index in [4.69, 9.17) is 0 Å². The number of aromatic nitrogens is 4. The summed E-state index contributed by atoms with van der Waals surface area (Å²) < 4.78 is 0. The van der Waals surface area contributed by atoms with Crippen molar-refractivity contribution in [3.63, 3.8) is 0 Å². The summed E-state index contributed by atoms with van der Waals surface area (Å²) in [5.41, 5.74) is 7.86. The Morgan fingerprint density at radius 1 is 0.385 bits per heavy atom. The van der Waals surface area contributed by atoms with Gasteiger partial charge < -0.3 is 0 Å². The van der Waals surface area contributed by atoms with Gasteiger partial charge in [-0.3, -0.25) is 0 Å². The summed E-state index contributed by atoms with van der Waals surface area (Å²) in [5.74, 6) is 1.47. The van der Waals surface area contributed by atoms with Gasteiger partial charge in [0.05, 0.1) is 0 Å². The lowest BCUT2D eigenvalue weighted by atomic mass is 9.85. The number of fused-ring (bicyclic) bond motifs is 2. The molecule has 0 radical (unpaired) electrons. The molecule has 0 fully saturated rings. The predicted octanol–water partition coefficient (Wildman–Crippen LogP) is 8.55. The van der Waals surface area contributed by atoms with Crippen LogP contribution >= 0.6 is 0 Å². The van der Waals surface area contributed by atoms with Crippen molar-refractivity contribution in [3.8, 4) is 45.0 Å². The fourth-order valence-corrected chi connectivity index (χ4v) is 5.31. The molecule has 7 rings (SSSR count). The highest BCUT2D eigenvalue weighted by Crippen LogP contribution is 2.43. The number of benzene rings is 5. The fraction of sp³-hybridized carbons (Fsp3) is 0.0286. The van der Waals surface area contributed by atoms with Gasteiger partial charge in [0.15, 0.2) is 11.6 Å². The van der Waals surface area contributed by atoms with Crippen LogP contribution in [0.15, 0.2) is 128 Å². The van der Waals surface area contributed by atoms with E-state index < -0.39 is 0 Å². The summed E-state index contributed by atoms with van der Waals surface area (Å²) in [7, 11) is 0. The molecule has 2 heterocycles. The van der Waals surface area contributed by atoms with E-state index in [0.717, 1.165) is 28.3 Å². The molecule has 4 heteroatoms. The summed E-state index contributed by atoms with van der Waals surface area (Å²) in [6, 6.07) is 36.4. The lowest BCUT2D eigenvalue weighted by molar-refractivity contribution is 1.14. The highest BCUT2D eigenvalue weighted by Gasteiger charge is 2.16. The number of hydrogen-bond donors (Lipinski definition) is 0. The van der Waals surface area contributed by atoms with Crippen molar-refractivity contribution in [1.29, 1.82) is 0 Å². The maximum Gasteiger partial charge on any atom is 0.159 e. The van der Waals surface area contributed by atoms with Crippen LogP contribution in [-0.4, -0.2) is 19.9 Å². The zero-order chi connectivity index (χ0) is 26.2. The van der Waals surface area contributed by atoms with Crippen molar-refractivity contribution in [2.24, 2.45) is 0 Å². The van der Waals surface area contributed by atoms with Crippen LogP contribution in [0.3, 0.4) is 0 Å². The highest BCUT2D eigenvalue weighted by molar-refractivity contribution is 6.21. The minimum atomic E-state index is 0.730. The molecule has 4 nitrogen and oxygen atoms in total. The molecular weight excluding hydrogens is 476 g/mol. The first-order chi connectivity index (χ1) is 19.3. The Labute approximate surface area is 226 Å². The number of rotatable bonds is 4. The second-order valence-electron chi connectivity index (χ2n) is 9.65. The van der Waals surface area contributed by atoms with Crippen LogP contribution < -0.4 is 0 Å². The minimum Gasteiger partial charge on any atom is -0.237 e. The van der Waals surface area contributed by atoms with E-state index in [-0.39, 0.29) is 0 Å². The number of aryl methyl sites for hydroxylation is 1. The van der Waals surface area contributed by atoms with E-state index in [2.05, 4.69) is 117 Å². The Bertz CT molecular complexity index is 1870. The molecule has 0 saturated carbocycles. The molecule has 0 atom stereocenters. The van der Waals surface area contributed by atoms with E-state index in [9.17, 15) is 0 Å². The van der Waals surface area contributed by atoms with E-state index in [0.29, 0.717) is 0 Å². The van der Waals surface area contributed by atoms with Gasteiger partial charge in [-0.1, -0.05) is 97.1 Å². The van der Waals surface area contributed by atoms with Crippen LogP contribution in [0.4, 0.5) is 0 Å². The van der Waals surface area contributed by atoms with E-state index in [1.54, 1.807) is 12.4 Å². The summed E-state index contributed by atoms with van der Waals surface area (Å²) in [6.07, 6.45) is 7.26. The molecule has 5 aromatic carbocycles. The van der Waals surface area contributed by atoms with Gasteiger partial charge in [0.2, 0.25) is 0 Å². The molecule has 0 amide bonds. The van der Waals surface area contributed by atoms with Gasteiger partial charge in [-0.05, 0) is 62.4 Å². The van der Waals surface area contributed by atoms with Crippen LogP contribution in [-0.2, 0) is 0 Å². The molecule has 0 spiro atoms. The smallest absolute Gasteiger partial charge is 0.159 e. The quantitative estimate of drug-likeness (QED) is 0.227. The SMILES string of the molecule is Cc1cnc(-c2ccc(-c3c4ccccc4c(-c4ccc(-c5ncccn5)cc4)c4ccccc34)cc2)nc1. The molecular formula is C35H24N4. The van der Waals surface area contributed by atoms with Crippen LogP contribution in [0, 0.1) is 6.92 Å². The summed E-state index contributed by atoms with van der Waals surface area (Å²) in [4.78, 5) is 17.8. The molecule has 0 bridgehead atoms. The molecule has 0 aliphatic carbocycles. The summed E-state index contributed by atoms with van der Waals surface area (Å²) in [5, 5.41) is 4.89. The van der Waals surface area contributed by atoms with Crippen LogP contribution in [0.25, 0.3) is 66.6 Å². The Balaban J connectivity index is 1.41. The summed E-state index contributed by atoms with van der Waals surface area (Å²) >= 11 is 0. The van der Waals surface area contributed by atoms with Crippen LogP contribution in [0.2, 0.25) is 0 Å². The molecule has 0 unspecified atom stereocenters. The third-order valence-corrected chi connectivity index (χ3v) is 7.14. The van der Waals surface area contributed by atoms with Crippen LogP contribution in [0.5, 0.6) is 0 Å². The largest absolute Gasteiger partial charge is 0.237 e. The lowest BCUT2D eigenvalue weighted by Gasteiger charge is -2.18. The maximum absolute atomic E-state index is 4.50. The van der Waals surface area contributed by atoms with Gasteiger partial charge in [-0.25, -0.2) is 19.9 Å². The first kappa shape index (κ1) is 22.9. The second-order valence-corrected chi connectivity index (χ2v) is 9.65. The average molecular weight is 501 g/mol. The molecule has 0 saturated heterocycles. The van der Waals surface area contributed by atoms with Gasteiger partial charge in [0.25, 0.3) is 0 Å².